The lowest BCUT2D eigenvalue weighted by Crippen LogP contribution is -2.23. The minimum atomic E-state index is 0.0542. The predicted molar refractivity (Wildman–Crippen MR) is 76.5 cm³/mol. The van der Waals surface area contributed by atoms with E-state index in [0.29, 0.717) is 19.4 Å². The van der Waals surface area contributed by atoms with Crippen LogP contribution in [0.2, 0.25) is 0 Å². The molecule has 3 rings (SSSR count). The molecule has 1 aromatic rings. The molecule has 0 aromatic heterocycles. The van der Waals surface area contributed by atoms with Gasteiger partial charge in [-0.3, -0.25) is 9.59 Å². The molecule has 0 spiro atoms. The Kier molecular flexibility index (Phi) is 3.15. The van der Waals surface area contributed by atoms with Gasteiger partial charge in [-0.25, -0.2) is 0 Å². The summed E-state index contributed by atoms with van der Waals surface area (Å²) in [7, 11) is 0. The third-order valence-electron chi connectivity index (χ3n) is 4.82. The van der Waals surface area contributed by atoms with Crippen molar-refractivity contribution in [1.29, 1.82) is 0 Å². The van der Waals surface area contributed by atoms with Gasteiger partial charge in [0.1, 0.15) is 17.3 Å². The zero-order valence-corrected chi connectivity index (χ0v) is 12.3. The van der Waals surface area contributed by atoms with Gasteiger partial charge in [0.05, 0.1) is 13.0 Å². The van der Waals surface area contributed by atoms with Crippen LogP contribution >= 0.6 is 0 Å². The molecule has 0 unspecified atom stereocenters. The molecule has 20 heavy (non-hydrogen) atoms. The van der Waals surface area contributed by atoms with Crippen molar-refractivity contribution >= 4 is 11.6 Å². The lowest BCUT2D eigenvalue weighted by atomic mass is 9.77. The standard InChI is InChI=1S/C17H20O3/c1-9-10(2)16(12-6-13(18)8-14(19)7-12)15-4-5-20-17(15)11(9)3/h12H,4-8H2,1-3H3. The van der Waals surface area contributed by atoms with Crippen LogP contribution in [0.3, 0.4) is 0 Å². The molecule has 0 N–H and O–H groups in total. The molecule has 1 aliphatic heterocycles. The Labute approximate surface area is 119 Å². The zero-order chi connectivity index (χ0) is 14.4. The molecule has 1 heterocycles. The molecule has 106 valence electrons. The van der Waals surface area contributed by atoms with Gasteiger partial charge in [0.15, 0.2) is 0 Å². The van der Waals surface area contributed by atoms with Crippen LogP contribution in [0, 0.1) is 20.8 Å². The van der Waals surface area contributed by atoms with Gasteiger partial charge < -0.3 is 4.74 Å². The van der Waals surface area contributed by atoms with Crippen molar-refractivity contribution in [3.8, 4) is 5.75 Å². The monoisotopic (exact) mass is 272 g/mol. The maximum atomic E-state index is 11.8. The summed E-state index contributed by atoms with van der Waals surface area (Å²) in [6.45, 7) is 7.01. The highest BCUT2D eigenvalue weighted by atomic mass is 16.5. The fourth-order valence-electron chi connectivity index (χ4n) is 3.67. The van der Waals surface area contributed by atoms with Crippen LogP contribution in [0.15, 0.2) is 0 Å². The fraction of sp³-hybridized carbons (Fsp3) is 0.529. The minimum absolute atomic E-state index is 0.0542. The highest BCUT2D eigenvalue weighted by Gasteiger charge is 2.32. The smallest absolute Gasteiger partial charge is 0.140 e. The van der Waals surface area contributed by atoms with E-state index in [4.69, 9.17) is 4.74 Å². The van der Waals surface area contributed by atoms with Gasteiger partial charge >= 0.3 is 0 Å². The van der Waals surface area contributed by atoms with Crippen molar-refractivity contribution in [2.75, 3.05) is 6.61 Å². The van der Waals surface area contributed by atoms with Gasteiger partial charge in [-0.15, -0.1) is 0 Å². The molecular weight excluding hydrogens is 252 g/mol. The Morgan fingerprint density at radius 2 is 1.60 bits per heavy atom. The normalized spacial score (nSPS) is 19.1. The van der Waals surface area contributed by atoms with Crippen molar-refractivity contribution in [2.24, 2.45) is 0 Å². The number of carbonyl (C=O) groups excluding carboxylic acids is 2. The molecular formula is C17H20O3. The summed E-state index contributed by atoms with van der Waals surface area (Å²) in [6, 6.07) is 0. The summed E-state index contributed by atoms with van der Waals surface area (Å²) in [5, 5.41) is 0. The first-order valence-corrected chi connectivity index (χ1v) is 7.27. The number of benzene rings is 1. The summed E-state index contributed by atoms with van der Waals surface area (Å²) in [5.41, 5.74) is 6.11. The molecule has 0 amide bonds. The molecule has 3 nitrogen and oxygen atoms in total. The first-order chi connectivity index (χ1) is 9.49. The second-order valence-corrected chi connectivity index (χ2v) is 6.05. The van der Waals surface area contributed by atoms with E-state index in [1.54, 1.807) is 0 Å². The van der Waals surface area contributed by atoms with E-state index in [1.165, 1.54) is 27.8 Å². The molecule has 1 aliphatic carbocycles. The Morgan fingerprint density at radius 3 is 2.25 bits per heavy atom. The average Bonchev–Trinajstić information content (AvgIpc) is 2.84. The number of ketones is 2. The second kappa shape index (κ2) is 4.72. The van der Waals surface area contributed by atoms with Crippen LogP contribution < -0.4 is 4.74 Å². The van der Waals surface area contributed by atoms with E-state index in [1.807, 2.05) is 0 Å². The first kappa shape index (κ1) is 13.3. The second-order valence-electron chi connectivity index (χ2n) is 6.05. The highest BCUT2D eigenvalue weighted by molar-refractivity contribution is 6.02. The highest BCUT2D eigenvalue weighted by Crippen LogP contribution is 2.43. The van der Waals surface area contributed by atoms with Crippen LogP contribution in [-0.2, 0) is 16.0 Å². The number of hydrogen-bond donors (Lipinski definition) is 0. The number of hydrogen-bond acceptors (Lipinski definition) is 3. The van der Waals surface area contributed by atoms with Crippen LogP contribution in [-0.4, -0.2) is 18.2 Å². The summed E-state index contributed by atoms with van der Waals surface area (Å²) < 4.78 is 5.78. The minimum Gasteiger partial charge on any atom is -0.493 e. The van der Waals surface area contributed by atoms with Gasteiger partial charge in [-0.1, -0.05) is 0 Å². The third-order valence-corrected chi connectivity index (χ3v) is 4.82. The number of rotatable bonds is 1. The molecule has 0 bridgehead atoms. The van der Waals surface area contributed by atoms with Crippen molar-refractivity contribution in [1.82, 2.24) is 0 Å². The van der Waals surface area contributed by atoms with E-state index < -0.39 is 0 Å². The average molecular weight is 272 g/mol. The summed E-state index contributed by atoms with van der Waals surface area (Å²) >= 11 is 0. The lowest BCUT2D eigenvalue weighted by Gasteiger charge is -2.26. The number of Topliss-reactive ketones (excluding diaryl/α,β-unsaturated/α-hetero) is 2. The van der Waals surface area contributed by atoms with Gasteiger partial charge in [0, 0.05) is 24.8 Å². The van der Waals surface area contributed by atoms with E-state index in [9.17, 15) is 9.59 Å². The van der Waals surface area contributed by atoms with E-state index in [2.05, 4.69) is 20.8 Å². The SMILES string of the molecule is Cc1c(C)c2c(c(C3CC(=O)CC(=O)C3)c1C)CCO2. The quantitative estimate of drug-likeness (QED) is 0.738. The van der Waals surface area contributed by atoms with Gasteiger partial charge in [-0.2, -0.15) is 0 Å². The molecule has 0 atom stereocenters. The van der Waals surface area contributed by atoms with E-state index in [0.717, 1.165) is 12.2 Å². The largest absolute Gasteiger partial charge is 0.493 e. The van der Waals surface area contributed by atoms with Crippen LogP contribution in [0.25, 0.3) is 0 Å². The van der Waals surface area contributed by atoms with Gasteiger partial charge in [0.2, 0.25) is 0 Å². The number of carbonyl (C=O) groups is 2. The van der Waals surface area contributed by atoms with Crippen molar-refractivity contribution in [2.45, 2.75) is 52.4 Å². The topological polar surface area (TPSA) is 43.4 Å². The third kappa shape index (κ3) is 1.96. The van der Waals surface area contributed by atoms with Crippen molar-refractivity contribution in [3.63, 3.8) is 0 Å². The van der Waals surface area contributed by atoms with Crippen molar-refractivity contribution < 1.29 is 14.3 Å². The maximum absolute atomic E-state index is 11.8. The number of ether oxygens (including phenoxy) is 1. The zero-order valence-electron chi connectivity index (χ0n) is 12.3. The Bertz CT molecular complexity index is 597. The Balaban J connectivity index is 2.14. The summed E-state index contributed by atoms with van der Waals surface area (Å²) in [4.78, 5) is 23.5. The van der Waals surface area contributed by atoms with Gasteiger partial charge in [0.25, 0.3) is 0 Å². The van der Waals surface area contributed by atoms with Crippen molar-refractivity contribution in [3.05, 3.63) is 27.8 Å². The fourth-order valence-corrected chi connectivity index (χ4v) is 3.67. The molecule has 3 heteroatoms. The first-order valence-electron chi connectivity index (χ1n) is 7.27. The van der Waals surface area contributed by atoms with Gasteiger partial charge in [-0.05, 0) is 48.9 Å². The van der Waals surface area contributed by atoms with Crippen LogP contribution in [0.5, 0.6) is 5.75 Å². The summed E-state index contributed by atoms with van der Waals surface area (Å²) in [5.74, 6) is 1.21. The van der Waals surface area contributed by atoms with Crippen LogP contribution in [0.1, 0.15) is 53.0 Å². The molecule has 2 aliphatic rings. The summed E-state index contributed by atoms with van der Waals surface area (Å²) in [6.07, 6.45) is 2.02. The molecule has 1 aromatic carbocycles. The van der Waals surface area contributed by atoms with E-state index >= 15 is 0 Å². The molecule has 1 saturated carbocycles. The molecule has 1 fully saturated rings. The lowest BCUT2D eigenvalue weighted by molar-refractivity contribution is -0.130. The Hall–Kier alpha value is -1.64. The van der Waals surface area contributed by atoms with Crippen LogP contribution in [0.4, 0.5) is 0 Å². The predicted octanol–water partition coefficient (Wildman–Crippen LogP) is 2.95. The number of fused-ring (bicyclic) bond motifs is 1. The molecule has 0 radical (unpaired) electrons. The maximum Gasteiger partial charge on any atom is 0.140 e. The molecule has 0 saturated heterocycles. The van der Waals surface area contributed by atoms with E-state index in [-0.39, 0.29) is 23.9 Å². The Morgan fingerprint density at radius 1 is 0.950 bits per heavy atom.